The average molecular weight is 214 g/mol. The third kappa shape index (κ3) is 4.96. The van der Waals surface area contributed by atoms with Gasteiger partial charge < -0.3 is 10.1 Å². The van der Waals surface area contributed by atoms with Gasteiger partial charge in [-0.15, -0.1) is 0 Å². The molecular weight excluding hydrogens is 188 g/mol. The van der Waals surface area contributed by atoms with E-state index in [9.17, 15) is 0 Å². The van der Waals surface area contributed by atoms with Gasteiger partial charge in [0, 0.05) is 19.1 Å². The lowest BCUT2D eigenvalue weighted by Crippen LogP contribution is -2.50. The van der Waals surface area contributed by atoms with E-state index in [1.807, 2.05) is 0 Å². The lowest BCUT2D eigenvalue weighted by Gasteiger charge is -2.36. The zero-order valence-electron chi connectivity index (χ0n) is 10.5. The zero-order chi connectivity index (χ0) is 11.1. The van der Waals surface area contributed by atoms with Gasteiger partial charge >= 0.3 is 0 Å². The monoisotopic (exact) mass is 214 g/mol. The molecule has 0 amide bonds. The Morgan fingerprint density at radius 1 is 1.47 bits per heavy atom. The van der Waals surface area contributed by atoms with Crippen molar-refractivity contribution in [2.75, 3.05) is 39.4 Å². The number of nitrogens with one attached hydrogen (secondary N) is 1. The molecule has 1 N–H and O–H groups in total. The van der Waals surface area contributed by atoms with E-state index in [0.29, 0.717) is 6.04 Å². The molecule has 0 spiro atoms. The normalized spacial score (nSPS) is 23.6. The van der Waals surface area contributed by atoms with Crippen LogP contribution in [0.5, 0.6) is 0 Å². The van der Waals surface area contributed by atoms with Crippen molar-refractivity contribution in [1.82, 2.24) is 10.2 Å². The van der Waals surface area contributed by atoms with E-state index in [2.05, 4.69) is 31.0 Å². The Balaban J connectivity index is 2.29. The van der Waals surface area contributed by atoms with E-state index in [1.165, 1.54) is 13.0 Å². The topological polar surface area (TPSA) is 24.5 Å². The van der Waals surface area contributed by atoms with Crippen LogP contribution in [0.15, 0.2) is 0 Å². The molecule has 1 aliphatic heterocycles. The molecule has 0 radical (unpaired) electrons. The highest BCUT2D eigenvalue weighted by atomic mass is 16.5. The maximum absolute atomic E-state index is 5.53. The van der Waals surface area contributed by atoms with Crippen LogP contribution >= 0.6 is 0 Å². The fraction of sp³-hybridized carbons (Fsp3) is 1.00. The summed E-state index contributed by atoms with van der Waals surface area (Å²) in [7, 11) is 0. The average Bonchev–Trinajstić information content (AvgIpc) is 2.24. The van der Waals surface area contributed by atoms with Crippen molar-refractivity contribution in [3.05, 3.63) is 0 Å². The first-order valence-corrected chi connectivity index (χ1v) is 6.26. The lowest BCUT2D eigenvalue weighted by atomic mass is 10.1. The van der Waals surface area contributed by atoms with Crippen LogP contribution in [0.4, 0.5) is 0 Å². The van der Waals surface area contributed by atoms with Gasteiger partial charge in [0.2, 0.25) is 0 Å². The molecule has 0 aromatic heterocycles. The van der Waals surface area contributed by atoms with Crippen molar-refractivity contribution in [1.29, 1.82) is 0 Å². The summed E-state index contributed by atoms with van der Waals surface area (Å²) in [4.78, 5) is 2.58. The Labute approximate surface area is 94.2 Å². The molecule has 0 aliphatic carbocycles. The van der Waals surface area contributed by atoms with Crippen molar-refractivity contribution in [3.8, 4) is 0 Å². The number of likely N-dealkylation sites (N-methyl/N-ethyl adjacent to an activating group) is 1. The minimum atomic E-state index is 0.581. The first-order chi connectivity index (χ1) is 7.24. The highest BCUT2D eigenvalue weighted by Gasteiger charge is 2.21. The Morgan fingerprint density at radius 2 is 2.27 bits per heavy atom. The summed E-state index contributed by atoms with van der Waals surface area (Å²) in [6, 6.07) is 0.581. The maximum Gasteiger partial charge on any atom is 0.0634 e. The first-order valence-electron chi connectivity index (χ1n) is 6.26. The highest BCUT2D eigenvalue weighted by Crippen LogP contribution is 2.09. The van der Waals surface area contributed by atoms with Crippen LogP contribution in [-0.4, -0.2) is 50.3 Å². The second kappa shape index (κ2) is 7.20. The van der Waals surface area contributed by atoms with Crippen molar-refractivity contribution >= 4 is 0 Å². The van der Waals surface area contributed by atoms with Crippen LogP contribution in [0.2, 0.25) is 0 Å². The van der Waals surface area contributed by atoms with E-state index in [4.69, 9.17) is 4.74 Å². The van der Waals surface area contributed by atoms with E-state index in [1.54, 1.807) is 0 Å². The summed E-state index contributed by atoms with van der Waals surface area (Å²) in [5.41, 5.74) is 0. The van der Waals surface area contributed by atoms with Crippen LogP contribution in [0, 0.1) is 5.92 Å². The molecule has 1 heterocycles. The minimum Gasteiger partial charge on any atom is -0.378 e. The summed E-state index contributed by atoms with van der Waals surface area (Å²) in [5, 5.41) is 3.41. The molecule has 1 rings (SSSR count). The standard InChI is InChI=1S/C12H26N2O/c1-4-13-9-12-10-15-8-7-14(12)6-5-11(2)3/h11-13H,4-10H2,1-3H3. The molecule has 1 unspecified atom stereocenters. The smallest absolute Gasteiger partial charge is 0.0634 e. The van der Waals surface area contributed by atoms with E-state index in [0.717, 1.165) is 38.8 Å². The van der Waals surface area contributed by atoms with Crippen LogP contribution in [0.3, 0.4) is 0 Å². The molecule has 3 nitrogen and oxygen atoms in total. The Morgan fingerprint density at radius 3 is 2.93 bits per heavy atom. The number of nitrogens with zero attached hydrogens (tertiary/aromatic N) is 1. The fourth-order valence-electron chi connectivity index (χ4n) is 1.91. The lowest BCUT2D eigenvalue weighted by molar-refractivity contribution is -0.00830. The highest BCUT2D eigenvalue weighted by molar-refractivity contribution is 4.77. The third-order valence-electron chi connectivity index (χ3n) is 2.97. The van der Waals surface area contributed by atoms with Crippen molar-refractivity contribution in [2.45, 2.75) is 33.2 Å². The van der Waals surface area contributed by atoms with Crippen LogP contribution in [0.1, 0.15) is 27.2 Å². The van der Waals surface area contributed by atoms with E-state index >= 15 is 0 Å². The Kier molecular flexibility index (Phi) is 6.22. The van der Waals surface area contributed by atoms with Gasteiger partial charge in [0.05, 0.1) is 13.2 Å². The van der Waals surface area contributed by atoms with Gasteiger partial charge in [-0.2, -0.15) is 0 Å². The molecule has 1 atom stereocenters. The van der Waals surface area contributed by atoms with E-state index < -0.39 is 0 Å². The number of morpholine rings is 1. The minimum absolute atomic E-state index is 0.581. The van der Waals surface area contributed by atoms with Crippen LogP contribution in [0.25, 0.3) is 0 Å². The number of ether oxygens (including phenoxy) is 1. The zero-order valence-corrected chi connectivity index (χ0v) is 10.5. The van der Waals surface area contributed by atoms with E-state index in [-0.39, 0.29) is 0 Å². The quantitative estimate of drug-likeness (QED) is 0.722. The molecule has 0 aromatic rings. The second-order valence-electron chi connectivity index (χ2n) is 4.75. The molecule has 1 saturated heterocycles. The largest absolute Gasteiger partial charge is 0.378 e. The summed E-state index contributed by atoms with van der Waals surface area (Å²) in [6.45, 7) is 13.0. The van der Waals surface area contributed by atoms with Gasteiger partial charge in [0.1, 0.15) is 0 Å². The molecule has 15 heavy (non-hydrogen) atoms. The first kappa shape index (κ1) is 12.9. The van der Waals surface area contributed by atoms with Crippen molar-refractivity contribution in [2.24, 2.45) is 5.92 Å². The second-order valence-corrected chi connectivity index (χ2v) is 4.75. The van der Waals surface area contributed by atoms with Gasteiger partial charge in [-0.1, -0.05) is 20.8 Å². The molecule has 0 bridgehead atoms. The SMILES string of the molecule is CCNCC1COCCN1CCC(C)C. The van der Waals surface area contributed by atoms with Crippen molar-refractivity contribution in [3.63, 3.8) is 0 Å². The molecule has 0 aromatic carbocycles. The predicted molar refractivity (Wildman–Crippen MR) is 64.2 cm³/mol. The Bertz CT molecular complexity index is 162. The third-order valence-corrected chi connectivity index (χ3v) is 2.97. The van der Waals surface area contributed by atoms with Gasteiger partial charge in [0.25, 0.3) is 0 Å². The summed E-state index contributed by atoms with van der Waals surface area (Å²) in [6.07, 6.45) is 1.29. The summed E-state index contributed by atoms with van der Waals surface area (Å²) in [5.74, 6) is 0.799. The molecule has 90 valence electrons. The molecule has 3 heteroatoms. The van der Waals surface area contributed by atoms with Crippen LogP contribution < -0.4 is 5.32 Å². The van der Waals surface area contributed by atoms with Gasteiger partial charge in [-0.25, -0.2) is 0 Å². The van der Waals surface area contributed by atoms with Gasteiger partial charge in [-0.3, -0.25) is 4.90 Å². The maximum atomic E-state index is 5.53. The molecular formula is C12H26N2O. The number of hydrogen-bond acceptors (Lipinski definition) is 3. The summed E-state index contributed by atoms with van der Waals surface area (Å²) >= 11 is 0. The molecule has 1 fully saturated rings. The van der Waals surface area contributed by atoms with Crippen LogP contribution in [-0.2, 0) is 4.74 Å². The predicted octanol–water partition coefficient (Wildman–Crippen LogP) is 1.34. The molecule has 0 saturated carbocycles. The summed E-state index contributed by atoms with van der Waals surface area (Å²) < 4.78 is 5.53. The fourth-order valence-corrected chi connectivity index (χ4v) is 1.91. The molecule has 1 aliphatic rings. The number of hydrogen-bond donors (Lipinski definition) is 1. The van der Waals surface area contributed by atoms with Gasteiger partial charge in [-0.05, 0) is 25.4 Å². The Hall–Kier alpha value is -0.120. The van der Waals surface area contributed by atoms with Crippen molar-refractivity contribution < 1.29 is 4.74 Å². The van der Waals surface area contributed by atoms with Gasteiger partial charge in [0.15, 0.2) is 0 Å². The number of rotatable bonds is 6.